The van der Waals surface area contributed by atoms with Crippen molar-refractivity contribution < 1.29 is 18.7 Å². The summed E-state index contributed by atoms with van der Waals surface area (Å²) < 4.78 is 20.1. The van der Waals surface area contributed by atoms with Crippen LogP contribution in [-0.2, 0) is 4.74 Å². The van der Waals surface area contributed by atoms with Gasteiger partial charge in [-0.2, -0.15) is 0 Å². The van der Waals surface area contributed by atoms with E-state index in [0.717, 1.165) is 5.39 Å². The van der Waals surface area contributed by atoms with Gasteiger partial charge in [-0.3, -0.25) is 9.78 Å². The number of nitrogens with zero attached hydrogens (tertiary/aromatic N) is 2. The number of amides is 2. The van der Waals surface area contributed by atoms with Gasteiger partial charge in [0.25, 0.3) is 5.91 Å². The topological polar surface area (TPSA) is 71.5 Å². The highest BCUT2D eigenvalue weighted by Crippen LogP contribution is 2.29. The number of aromatic nitrogens is 1. The molecule has 8 heteroatoms. The molecule has 1 aliphatic rings. The second kappa shape index (κ2) is 8.39. The molecule has 2 heterocycles. The van der Waals surface area contributed by atoms with Gasteiger partial charge in [-0.05, 0) is 50.6 Å². The molecule has 0 radical (unpaired) electrons. The van der Waals surface area contributed by atoms with Gasteiger partial charge in [-0.15, -0.1) is 0 Å². The minimum Gasteiger partial charge on any atom is -0.444 e. The van der Waals surface area contributed by atoms with Crippen LogP contribution in [0.3, 0.4) is 0 Å². The van der Waals surface area contributed by atoms with E-state index in [9.17, 15) is 14.0 Å². The van der Waals surface area contributed by atoms with E-state index in [4.69, 9.17) is 16.3 Å². The third kappa shape index (κ3) is 4.67. The van der Waals surface area contributed by atoms with E-state index in [0.29, 0.717) is 34.8 Å². The number of alkyl carbamates (subject to hydrolysis) is 1. The molecule has 1 fully saturated rings. The molecule has 0 saturated carbocycles. The van der Waals surface area contributed by atoms with Crippen LogP contribution in [-0.4, -0.2) is 46.6 Å². The van der Waals surface area contributed by atoms with Crippen molar-refractivity contribution in [1.82, 2.24) is 15.2 Å². The molecule has 1 saturated heterocycles. The SMILES string of the molecule is CC(C)(C)OC(=O)NC1CN(C(=O)c2ccc(-c3ccc4c(Cl)ccnc4c3)c(F)c2)C1. The summed E-state index contributed by atoms with van der Waals surface area (Å²) in [5.74, 6) is -0.786. The number of halogens is 2. The maximum Gasteiger partial charge on any atom is 0.407 e. The minimum atomic E-state index is -0.587. The summed E-state index contributed by atoms with van der Waals surface area (Å²) in [7, 11) is 0. The molecular weight excluding hydrogens is 433 g/mol. The zero-order valence-corrected chi connectivity index (χ0v) is 18.7. The smallest absolute Gasteiger partial charge is 0.407 e. The number of rotatable bonds is 3. The molecule has 2 amide bonds. The Balaban J connectivity index is 1.43. The predicted octanol–water partition coefficient (Wildman–Crippen LogP) is 5.04. The molecule has 1 aliphatic heterocycles. The Morgan fingerprint density at radius 2 is 1.91 bits per heavy atom. The minimum absolute atomic E-state index is 0.185. The average molecular weight is 456 g/mol. The number of carbonyl (C=O) groups excluding carboxylic acids is 2. The van der Waals surface area contributed by atoms with E-state index < -0.39 is 17.5 Å². The maximum absolute atomic E-state index is 14.9. The molecule has 1 aromatic heterocycles. The van der Waals surface area contributed by atoms with Crippen LogP contribution in [0.5, 0.6) is 0 Å². The van der Waals surface area contributed by atoms with Crippen molar-refractivity contribution in [2.24, 2.45) is 0 Å². The summed E-state index contributed by atoms with van der Waals surface area (Å²) in [4.78, 5) is 30.4. The highest BCUT2D eigenvalue weighted by molar-refractivity contribution is 6.35. The van der Waals surface area contributed by atoms with Gasteiger partial charge >= 0.3 is 6.09 Å². The van der Waals surface area contributed by atoms with Gasteiger partial charge in [0.05, 0.1) is 16.6 Å². The van der Waals surface area contributed by atoms with Gasteiger partial charge in [0.2, 0.25) is 0 Å². The van der Waals surface area contributed by atoms with Crippen molar-refractivity contribution in [3.8, 4) is 11.1 Å². The van der Waals surface area contributed by atoms with Crippen LogP contribution in [0, 0.1) is 5.82 Å². The van der Waals surface area contributed by atoms with Crippen molar-refractivity contribution in [1.29, 1.82) is 0 Å². The Bertz CT molecular complexity index is 1200. The molecular formula is C24H23ClFN3O3. The van der Waals surface area contributed by atoms with Gasteiger partial charge in [-0.1, -0.05) is 29.8 Å². The fraction of sp³-hybridized carbons (Fsp3) is 0.292. The predicted molar refractivity (Wildman–Crippen MR) is 121 cm³/mol. The van der Waals surface area contributed by atoms with Crippen molar-refractivity contribution in [2.75, 3.05) is 13.1 Å². The van der Waals surface area contributed by atoms with Crippen LogP contribution in [0.25, 0.3) is 22.0 Å². The first-order valence-electron chi connectivity index (χ1n) is 10.2. The van der Waals surface area contributed by atoms with E-state index >= 15 is 0 Å². The number of nitrogens with one attached hydrogen (secondary N) is 1. The van der Waals surface area contributed by atoms with Crippen molar-refractivity contribution >= 4 is 34.5 Å². The van der Waals surface area contributed by atoms with Crippen molar-refractivity contribution in [3.05, 3.63) is 65.1 Å². The van der Waals surface area contributed by atoms with Gasteiger partial charge in [0.15, 0.2) is 0 Å². The summed E-state index contributed by atoms with van der Waals surface area (Å²) >= 11 is 6.17. The Morgan fingerprint density at radius 3 is 2.59 bits per heavy atom. The van der Waals surface area contributed by atoms with Crippen LogP contribution in [0.2, 0.25) is 5.02 Å². The third-order valence-corrected chi connectivity index (χ3v) is 5.44. The number of benzene rings is 2. The number of fused-ring (bicyclic) bond motifs is 1. The molecule has 6 nitrogen and oxygen atoms in total. The zero-order chi connectivity index (χ0) is 23.0. The van der Waals surface area contributed by atoms with Crippen LogP contribution >= 0.6 is 11.6 Å². The summed E-state index contributed by atoms with van der Waals surface area (Å²) in [6, 6.07) is 11.3. The molecule has 32 heavy (non-hydrogen) atoms. The first kappa shape index (κ1) is 22.0. The lowest BCUT2D eigenvalue weighted by Gasteiger charge is -2.39. The largest absolute Gasteiger partial charge is 0.444 e. The van der Waals surface area contributed by atoms with Crippen molar-refractivity contribution in [2.45, 2.75) is 32.4 Å². The van der Waals surface area contributed by atoms with Crippen LogP contribution < -0.4 is 5.32 Å². The number of likely N-dealkylation sites (tertiary alicyclic amines) is 1. The van der Waals surface area contributed by atoms with E-state index in [1.54, 1.807) is 68.3 Å². The third-order valence-electron chi connectivity index (χ3n) is 5.11. The second-order valence-electron chi connectivity index (χ2n) is 8.77. The summed E-state index contributed by atoms with van der Waals surface area (Å²) in [6.45, 7) is 6.04. The lowest BCUT2D eigenvalue weighted by Crippen LogP contribution is -2.61. The lowest BCUT2D eigenvalue weighted by atomic mass is 10.00. The zero-order valence-electron chi connectivity index (χ0n) is 18.0. The molecule has 4 rings (SSSR count). The first-order chi connectivity index (χ1) is 15.1. The van der Waals surface area contributed by atoms with E-state index in [2.05, 4.69) is 10.3 Å². The molecule has 0 unspecified atom stereocenters. The fourth-order valence-electron chi connectivity index (χ4n) is 3.56. The van der Waals surface area contributed by atoms with Crippen LogP contribution in [0.4, 0.5) is 9.18 Å². The summed E-state index contributed by atoms with van der Waals surface area (Å²) in [5, 5.41) is 4.10. The molecule has 0 spiro atoms. The number of hydrogen-bond acceptors (Lipinski definition) is 4. The maximum atomic E-state index is 14.9. The van der Waals surface area contributed by atoms with E-state index in [1.165, 1.54) is 6.07 Å². The Morgan fingerprint density at radius 1 is 1.16 bits per heavy atom. The molecule has 2 aromatic carbocycles. The molecule has 0 aliphatic carbocycles. The first-order valence-corrected chi connectivity index (χ1v) is 10.6. The van der Waals surface area contributed by atoms with Gasteiger partial charge in [-0.25, -0.2) is 9.18 Å². The molecule has 3 aromatic rings. The van der Waals surface area contributed by atoms with Crippen LogP contribution in [0.15, 0.2) is 48.7 Å². The second-order valence-corrected chi connectivity index (χ2v) is 9.18. The van der Waals surface area contributed by atoms with E-state index in [-0.39, 0.29) is 17.5 Å². The molecule has 166 valence electrons. The molecule has 0 bridgehead atoms. The van der Waals surface area contributed by atoms with E-state index in [1.807, 2.05) is 0 Å². The Kier molecular flexibility index (Phi) is 5.77. The highest BCUT2D eigenvalue weighted by atomic mass is 35.5. The number of ether oxygens (including phenoxy) is 1. The Labute approximate surface area is 190 Å². The highest BCUT2D eigenvalue weighted by Gasteiger charge is 2.33. The van der Waals surface area contributed by atoms with Gasteiger partial charge in [0.1, 0.15) is 11.4 Å². The van der Waals surface area contributed by atoms with Gasteiger partial charge in [0, 0.05) is 35.8 Å². The number of carbonyl (C=O) groups is 2. The number of hydrogen-bond donors (Lipinski definition) is 1. The fourth-order valence-corrected chi connectivity index (χ4v) is 3.77. The molecule has 0 atom stereocenters. The standard InChI is InChI=1S/C24H23ClFN3O3/c1-24(2,3)32-23(31)28-16-12-29(13-16)22(30)15-5-6-17(20(26)10-15)14-4-7-18-19(25)8-9-27-21(18)11-14/h4-11,16H,12-13H2,1-3H3,(H,28,31). The normalized spacial score (nSPS) is 14.2. The summed E-state index contributed by atoms with van der Waals surface area (Å²) in [6.07, 6.45) is 1.08. The molecule has 1 N–H and O–H groups in total. The van der Waals surface area contributed by atoms with Gasteiger partial charge < -0.3 is 15.0 Å². The number of pyridine rings is 1. The quantitative estimate of drug-likeness (QED) is 0.600. The Hall–Kier alpha value is -3.19. The monoisotopic (exact) mass is 455 g/mol. The van der Waals surface area contributed by atoms with Crippen molar-refractivity contribution in [3.63, 3.8) is 0 Å². The van der Waals surface area contributed by atoms with Crippen LogP contribution in [0.1, 0.15) is 31.1 Å². The average Bonchev–Trinajstić information content (AvgIpc) is 2.68. The lowest BCUT2D eigenvalue weighted by molar-refractivity contribution is 0.0359. The summed E-state index contributed by atoms with van der Waals surface area (Å²) in [5.41, 5.74) is 1.35.